The van der Waals surface area contributed by atoms with Gasteiger partial charge >= 0.3 is 5.97 Å². The SMILES string of the molecule is CC(C)N(CCNc1c(C(=O)OCc2ccccc2)c(=O)n(-c2ccccc2)c2ccccc12)C(C)C. The Hall–Kier alpha value is -3.90. The minimum absolute atomic E-state index is 0.0131. The summed E-state index contributed by atoms with van der Waals surface area (Å²) in [7, 11) is 0. The van der Waals surface area contributed by atoms with Crippen molar-refractivity contribution in [3.8, 4) is 5.69 Å². The van der Waals surface area contributed by atoms with Crippen LogP contribution < -0.4 is 10.9 Å². The van der Waals surface area contributed by atoms with Crippen LogP contribution in [0, 0.1) is 0 Å². The van der Waals surface area contributed by atoms with Gasteiger partial charge in [0, 0.05) is 36.2 Å². The fourth-order valence-corrected chi connectivity index (χ4v) is 4.77. The molecule has 0 aliphatic rings. The van der Waals surface area contributed by atoms with Crippen molar-refractivity contribution in [2.24, 2.45) is 0 Å². The molecule has 4 rings (SSSR count). The smallest absolute Gasteiger partial charge is 0.346 e. The molecule has 4 aromatic rings. The first-order chi connectivity index (χ1) is 17.9. The van der Waals surface area contributed by atoms with Crippen LogP contribution in [0.1, 0.15) is 43.6 Å². The lowest BCUT2D eigenvalue weighted by Crippen LogP contribution is -2.40. The number of nitrogens with zero attached hydrogens (tertiary/aromatic N) is 2. The molecule has 0 saturated carbocycles. The molecule has 0 aliphatic heterocycles. The average Bonchev–Trinajstić information content (AvgIpc) is 2.90. The molecule has 1 aromatic heterocycles. The topological polar surface area (TPSA) is 63.6 Å². The fourth-order valence-electron chi connectivity index (χ4n) is 4.77. The van der Waals surface area contributed by atoms with Gasteiger partial charge in [-0.05, 0) is 51.5 Å². The fraction of sp³-hybridized carbons (Fsp3) is 0.290. The average molecular weight is 498 g/mol. The molecular formula is C31H35N3O3. The maximum absolute atomic E-state index is 14.0. The van der Waals surface area contributed by atoms with Crippen LogP contribution in [0.4, 0.5) is 5.69 Å². The van der Waals surface area contributed by atoms with E-state index in [1.54, 1.807) is 4.57 Å². The van der Waals surface area contributed by atoms with Gasteiger partial charge in [-0.15, -0.1) is 0 Å². The van der Waals surface area contributed by atoms with E-state index in [0.29, 0.717) is 30.0 Å². The summed E-state index contributed by atoms with van der Waals surface area (Å²) in [6.07, 6.45) is 0. The quantitative estimate of drug-likeness (QED) is 0.277. The monoisotopic (exact) mass is 497 g/mol. The van der Waals surface area contributed by atoms with E-state index in [0.717, 1.165) is 23.0 Å². The molecule has 3 aromatic carbocycles. The number of esters is 1. The summed E-state index contributed by atoms with van der Waals surface area (Å²) in [4.78, 5) is 29.9. The predicted molar refractivity (Wildman–Crippen MR) is 151 cm³/mol. The van der Waals surface area contributed by atoms with E-state index >= 15 is 0 Å². The molecule has 0 atom stereocenters. The highest BCUT2D eigenvalue weighted by Crippen LogP contribution is 2.28. The lowest BCUT2D eigenvalue weighted by atomic mass is 10.1. The first kappa shape index (κ1) is 26.2. The van der Waals surface area contributed by atoms with Crippen LogP contribution in [0.15, 0.2) is 89.7 Å². The van der Waals surface area contributed by atoms with Crippen LogP contribution in [0.5, 0.6) is 0 Å². The van der Waals surface area contributed by atoms with Gasteiger partial charge in [-0.2, -0.15) is 0 Å². The van der Waals surface area contributed by atoms with Crippen molar-refractivity contribution in [1.29, 1.82) is 0 Å². The Bertz CT molecular complexity index is 1390. The highest BCUT2D eigenvalue weighted by molar-refractivity contribution is 6.05. The van der Waals surface area contributed by atoms with E-state index in [9.17, 15) is 9.59 Å². The molecule has 0 amide bonds. The second kappa shape index (κ2) is 11.9. The molecule has 0 bridgehead atoms. The van der Waals surface area contributed by atoms with Gasteiger partial charge < -0.3 is 10.1 Å². The van der Waals surface area contributed by atoms with Crippen molar-refractivity contribution < 1.29 is 9.53 Å². The number of hydrogen-bond donors (Lipinski definition) is 1. The molecule has 192 valence electrons. The Morgan fingerprint density at radius 2 is 1.46 bits per heavy atom. The first-order valence-corrected chi connectivity index (χ1v) is 12.8. The van der Waals surface area contributed by atoms with Crippen molar-refractivity contribution >= 4 is 22.6 Å². The van der Waals surface area contributed by atoms with Gasteiger partial charge in [-0.1, -0.05) is 66.7 Å². The zero-order chi connectivity index (χ0) is 26.4. The molecule has 0 saturated heterocycles. The van der Waals surface area contributed by atoms with Crippen molar-refractivity contribution in [2.75, 3.05) is 18.4 Å². The second-order valence-corrected chi connectivity index (χ2v) is 9.66. The molecule has 1 N–H and O–H groups in total. The normalized spacial score (nSPS) is 11.4. The standard InChI is InChI=1S/C31H35N3O3/c1-22(2)33(23(3)4)20-19-32-29-26-17-11-12-18-27(26)34(25-15-9-6-10-16-25)30(35)28(29)31(36)37-21-24-13-7-5-8-14-24/h5-18,22-23,32H,19-21H2,1-4H3. The zero-order valence-corrected chi connectivity index (χ0v) is 22.0. The maximum Gasteiger partial charge on any atom is 0.346 e. The second-order valence-electron chi connectivity index (χ2n) is 9.66. The maximum atomic E-state index is 14.0. The zero-order valence-electron chi connectivity index (χ0n) is 22.0. The molecule has 0 unspecified atom stereocenters. The number of aromatic nitrogens is 1. The number of carbonyl (C=O) groups is 1. The van der Waals surface area contributed by atoms with Crippen LogP contribution in [0.3, 0.4) is 0 Å². The van der Waals surface area contributed by atoms with Crippen molar-refractivity contribution in [3.63, 3.8) is 0 Å². The summed E-state index contributed by atoms with van der Waals surface area (Å²) in [5.74, 6) is -0.642. The number of anilines is 1. The van der Waals surface area contributed by atoms with Crippen LogP contribution in [-0.2, 0) is 11.3 Å². The van der Waals surface area contributed by atoms with E-state index in [4.69, 9.17) is 4.74 Å². The Morgan fingerprint density at radius 1 is 0.865 bits per heavy atom. The molecule has 6 heteroatoms. The van der Waals surface area contributed by atoms with Crippen LogP contribution in [0.25, 0.3) is 16.6 Å². The summed E-state index contributed by atoms with van der Waals surface area (Å²) in [6.45, 7) is 10.1. The van der Waals surface area contributed by atoms with Gasteiger partial charge in [0.15, 0.2) is 0 Å². The van der Waals surface area contributed by atoms with E-state index in [-0.39, 0.29) is 12.2 Å². The number of benzene rings is 3. The molecule has 0 aliphatic carbocycles. The van der Waals surface area contributed by atoms with Crippen molar-refractivity contribution in [2.45, 2.75) is 46.4 Å². The summed E-state index contributed by atoms with van der Waals surface area (Å²) < 4.78 is 7.27. The van der Waals surface area contributed by atoms with Crippen LogP contribution >= 0.6 is 0 Å². The lowest BCUT2D eigenvalue weighted by molar-refractivity contribution is 0.0471. The van der Waals surface area contributed by atoms with Gasteiger partial charge in [-0.25, -0.2) is 4.79 Å². The molecule has 0 radical (unpaired) electrons. The number of ether oxygens (including phenoxy) is 1. The highest BCUT2D eigenvalue weighted by Gasteiger charge is 2.25. The molecule has 0 fully saturated rings. The third-order valence-electron chi connectivity index (χ3n) is 6.51. The van der Waals surface area contributed by atoms with Crippen molar-refractivity contribution in [1.82, 2.24) is 9.47 Å². The third kappa shape index (κ3) is 5.92. The summed E-state index contributed by atoms with van der Waals surface area (Å²) in [6, 6.07) is 27.3. The Balaban J connectivity index is 1.80. The highest BCUT2D eigenvalue weighted by atomic mass is 16.5. The Morgan fingerprint density at radius 3 is 2.11 bits per heavy atom. The summed E-state index contributed by atoms with van der Waals surface area (Å²) >= 11 is 0. The van der Waals surface area contributed by atoms with Crippen LogP contribution in [-0.4, -0.2) is 40.6 Å². The molecular weight excluding hydrogens is 462 g/mol. The van der Waals surface area contributed by atoms with Gasteiger partial charge in [-0.3, -0.25) is 14.3 Å². The Kier molecular flexibility index (Phi) is 8.41. The summed E-state index contributed by atoms with van der Waals surface area (Å²) in [5, 5.41) is 4.23. The number of hydrogen-bond acceptors (Lipinski definition) is 5. The largest absolute Gasteiger partial charge is 0.457 e. The van der Waals surface area contributed by atoms with Crippen LogP contribution in [0.2, 0.25) is 0 Å². The molecule has 1 heterocycles. The first-order valence-electron chi connectivity index (χ1n) is 12.8. The third-order valence-corrected chi connectivity index (χ3v) is 6.51. The molecule has 0 spiro atoms. The van der Waals surface area contributed by atoms with E-state index in [2.05, 4.69) is 37.9 Å². The predicted octanol–water partition coefficient (Wildman–Crippen LogP) is 5.88. The van der Waals surface area contributed by atoms with Gasteiger partial charge in [0.1, 0.15) is 12.2 Å². The van der Waals surface area contributed by atoms with E-state index < -0.39 is 11.5 Å². The minimum Gasteiger partial charge on any atom is -0.457 e. The van der Waals surface area contributed by atoms with Gasteiger partial charge in [0.2, 0.25) is 0 Å². The number of carbonyl (C=O) groups excluding carboxylic acids is 1. The minimum atomic E-state index is -0.642. The van der Waals surface area contributed by atoms with Gasteiger partial charge in [0.25, 0.3) is 5.56 Å². The number of para-hydroxylation sites is 2. The summed E-state index contributed by atoms with van der Waals surface area (Å²) in [5.41, 5.74) is 2.40. The molecule has 37 heavy (non-hydrogen) atoms. The lowest BCUT2D eigenvalue weighted by Gasteiger charge is -2.30. The number of fused-ring (bicyclic) bond motifs is 1. The molecule has 6 nitrogen and oxygen atoms in total. The van der Waals surface area contributed by atoms with Gasteiger partial charge in [0.05, 0.1) is 11.2 Å². The Labute approximate surface area is 218 Å². The van der Waals surface area contributed by atoms with E-state index in [1.807, 2.05) is 84.9 Å². The number of nitrogens with one attached hydrogen (secondary N) is 1. The number of rotatable bonds is 10. The van der Waals surface area contributed by atoms with E-state index in [1.165, 1.54) is 0 Å². The number of pyridine rings is 1. The van der Waals surface area contributed by atoms with Crippen molar-refractivity contribution in [3.05, 3.63) is 106 Å².